The van der Waals surface area contributed by atoms with Crippen molar-refractivity contribution in [3.63, 3.8) is 0 Å². The first-order valence-corrected chi connectivity index (χ1v) is 6.21. The molecule has 1 aliphatic heterocycles. The fraction of sp³-hybridized carbons (Fsp3) is 1.00. The number of methoxy groups -OCH3 is 1. The Bertz CT molecular complexity index is 143. The van der Waals surface area contributed by atoms with Crippen molar-refractivity contribution in [2.75, 3.05) is 32.7 Å². The zero-order valence-corrected chi connectivity index (χ0v) is 9.93. The summed E-state index contributed by atoms with van der Waals surface area (Å²) in [5.74, 6) is 0.785. The van der Waals surface area contributed by atoms with Crippen LogP contribution in [-0.4, -0.2) is 43.6 Å². The summed E-state index contributed by atoms with van der Waals surface area (Å²) in [6.45, 7) is 3.23. The molecule has 1 aliphatic rings. The Morgan fingerprint density at radius 2 is 2.21 bits per heavy atom. The molecule has 3 heteroatoms. The minimum atomic E-state index is 0.607. The quantitative estimate of drug-likeness (QED) is 0.521. The van der Waals surface area contributed by atoms with Crippen molar-refractivity contribution in [1.29, 1.82) is 0 Å². The van der Waals surface area contributed by atoms with E-state index >= 15 is 0 Å². The summed E-state index contributed by atoms with van der Waals surface area (Å²) in [4.78, 5) is 2.54. The van der Waals surface area contributed by atoms with E-state index in [1.54, 1.807) is 7.11 Å². The van der Waals surface area contributed by atoms with Crippen molar-refractivity contribution < 1.29 is 4.74 Å². The summed E-state index contributed by atoms with van der Waals surface area (Å²) in [5.41, 5.74) is 0. The van der Waals surface area contributed by atoms with E-state index in [2.05, 4.69) is 4.90 Å². The van der Waals surface area contributed by atoms with Crippen LogP contribution in [0.4, 0.5) is 0 Å². The molecule has 0 radical (unpaired) electrons. The lowest BCUT2D eigenvalue weighted by atomic mass is 10.1. The van der Waals surface area contributed by atoms with Gasteiger partial charge in [-0.1, -0.05) is 12.8 Å². The first kappa shape index (κ1) is 12.3. The lowest BCUT2D eigenvalue weighted by Crippen LogP contribution is -2.37. The molecule has 1 saturated heterocycles. The summed E-state index contributed by atoms with van der Waals surface area (Å²) in [5, 5.41) is 0. The van der Waals surface area contributed by atoms with Crippen LogP contribution >= 0.6 is 11.6 Å². The van der Waals surface area contributed by atoms with Gasteiger partial charge in [-0.15, -0.1) is 11.6 Å². The number of likely N-dealkylation sites (tertiary alicyclic amines) is 1. The zero-order chi connectivity index (χ0) is 10.2. The molecular weight excluding hydrogens is 198 g/mol. The third-order valence-corrected chi connectivity index (χ3v) is 3.33. The third-order valence-electron chi connectivity index (χ3n) is 2.97. The second-order valence-corrected chi connectivity index (χ2v) is 4.35. The molecule has 1 fully saturated rings. The number of hydrogen-bond donors (Lipinski definition) is 0. The molecule has 0 aromatic rings. The predicted octanol–water partition coefficient (Wildman–Crippen LogP) is 2.51. The van der Waals surface area contributed by atoms with Crippen LogP contribution in [0.1, 0.15) is 32.1 Å². The lowest BCUT2D eigenvalue weighted by molar-refractivity contribution is 0.156. The highest BCUT2D eigenvalue weighted by molar-refractivity contribution is 6.18. The number of alkyl halides is 1. The molecule has 0 N–H and O–H groups in total. The zero-order valence-electron chi connectivity index (χ0n) is 9.17. The molecule has 0 aromatic heterocycles. The SMILES string of the molecule is COCCCN1CCCCCC1CCl. The first-order chi connectivity index (χ1) is 6.88. The smallest absolute Gasteiger partial charge is 0.0474 e. The van der Waals surface area contributed by atoms with Crippen LogP contribution in [0.5, 0.6) is 0 Å². The Labute approximate surface area is 92.6 Å². The highest BCUT2D eigenvalue weighted by Gasteiger charge is 2.19. The summed E-state index contributed by atoms with van der Waals surface area (Å²) in [6.07, 6.45) is 6.45. The Kier molecular flexibility index (Phi) is 6.57. The van der Waals surface area contributed by atoms with Crippen LogP contribution in [0.2, 0.25) is 0 Å². The molecule has 0 saturated carbocycles. The van der Waals surface area contributed by atoms with E-state index in [-0.39, 0.29) is 0 Å². The van der Waals surface area contributed by atoms with Gasteiger partial charge in [0.1, 0.15) is 0 Å². The largest absolute Gasteiger partial charge is 0.385 e. The van der Waals surface area contributed by atoms with E-state index in [0.717, 1.165) is 25.5 Å². The highest BCUT2D eigenvalue weighted by atomic mass is 35.5. The van der Waals surface area contributed by atoms with E-state index in [9.17, 15) is 0 Å². The van der Waals surface area contributed by atoms with Crippen molar-refractivity contribution in [3.8, 4) is 0 Å². The summed E-state index contributed by atoms with van der Waals surface area (Å²) in [7, 11) is 1.77. The molecule has 1 unspecified atom stereocenters. The minimum Gasteiger partial charge on any atom is -0.385 e. The van der Waals surface area contributed by atoms with Crippen LogP contribution < -0.4 is 0 Å². The first-order valence-electron chi connectivity index (χ1n) is 5.67. The average Bonchev–Trinajstić information content (AvgIpc) is 2.43. The van der Waals surface area contributed by atoms with Crippen molar-refractivity contribution in [1.82, 2.24) is 4.90 Å². The van der Waals surface area contributed by atoms with E-state index in [0.29, 0.717) is 6.04 Å². The number of halogens is 1. The van der Waals surface area contributed by atoms with Crippen molar-refractivity contribution >= 4 is 11.6 Å². The molecule has 2 nitrogen and oxygen atoms in total. The molecule has 0 aromatic carbocycles. The maximum Gasteiger partial charge on any atom is 0.0474 e. The van der Waals surface area contributed by atoms with E-state index in [1.807, 2.05) is 0 Å². The van der Waals surface area contributed by atoms with Crippen LogP contribution in [0.25, 0.3) is 0 Å². The fourth-order valence-corrected chi connectivity index (χ4v) is 2.47. The van der Waals surface area contributed by atoms with Gasteiger partial charge >= 0.3 is 0 Å². The molecule has 0 bridgehead atoms. The number of ether oxygens (including phenoxy) is 1. The number of nitrogens with zero attached hydrogens (tertiary/aromatic N) is 1. The molecule has 0 aliphatic carbocycles. The van der Waals surface area contributed by atoms with Crippen molar-refractivity contribution in [2.45, 2.75) is 38.1 Å². The number of rotatable bonds is 5. The van der Waals surface area contributed by atoms with Crippen LogP contribution in [0, 0.1) is 0 Å². The van der Waals surface area contributed by atoms with Crippen LogP contribution in [-0.2, 0) is 4.74 Å². The van der Waals surface area contributed by atoms with Gasteiger partial charge in [-0.25, -0.2) is 0 Å². The van der Waals surface area contributed by atoms with Gasteiger partial charge in [0.25, 0.3) is 0 Å². The standard InChI is InChI=1S/C11H22ClNO/c1-14-9-5-8-13-7-4-2-3-6-11(13)10-12/h11H,2-10H2,1H3. The molecule has 1 rings (SSSR count). The topological polar surface area (TPSA) is 12.5 Å². The lowest BCUT2D eigenvalue weighted by Gasteiger charge is -2.28. The molecule has 0 spiro atoms. The van der Waals surface area contributed by atoms with Crippen molar-refractivity contribution in [3.05, 3.63) is 0 Å². The highest BCUT2D eigenvalue weighted by Crippen LogP contribution is 2.17. The minimum absolute atomic E-state index is 0.607. The van der Waals surface area contributed by atoms with Gasteiger partial charge in [0.2, 0.25) is 0 Å². The molecule has 1 atom stereocenters. The maximum absolute atomic E-state index is 5.99. The van der Waals surface area contributed by atoms with E-state index in [4.69, 9.17) is 16.3 Å². The summed E-state index contributed by atoms with van der Waals surface area (Å²) >= 11 is 5.99. The Balaban J connectivity index is 2.28. The van der Waals surface area contributed by atoms with Gasteiger partial charge in [-0.3, -0.25) is 4.90 Å². The summed E-state index contributed by atoms with van der Waals surface area (Å²) in [6, 6.07) is 0.607. The van der Waals surface area contributed by atoms with Gasteiger partial charge in [0.05, 0.1) is 0 Å². The molecule has 14 heavy (non-hydrogen) atoms. The third kappa shape index (κ3) is 4.16. The van der Waals surface area contributed by atoms with Gasteiger partial charge in [-0.2, -0.15) is 0 Å². The van der Waals surface area contributed by atoms with Crippen LogP contribution in [0.15, 0.2) is 0 Å². The Hall–Kier alpha value is 0.210. The molecule has 1 heterocycles. The molecular formula is C11H22ClNO. The van der Waals surface area contributed by atoms with Gasteiger partial charge in [-0.05, 0) is 25.8 Å². The second-order valence-electron chi connectivity index (χ2n) is 4.04. The maximum atomic E-state index is 5.99. The van der Waals surface area contributed by atoms with Crippen molar-refractivity contribution in [2.24, 2.45) is 0 Å². The van der Waals surface area contributed by atoms with Gasteiger partial charge in [0.15, 0.2) is 0 Å². The van der Waals surface area contributed by atoms with Crippen LogP contribution in [0.3, 0.4) is 0 Å². The average molecular weight is 220 g/mol. The second kappa shape index (κ2) is 7.49. The van der Waals surface area contributed by atoms with Gasteiger partial charge in [0, 0.05) is 32.2 Å². The Morgan fingerprint density at radius 3 is 2.93 bits per heavy atom. The van der Waals surface area contributed by atoms with E-state index < -0.39 is 0 Å². The normalized spacial score (nSPS) is 24.9. The monoisotopic (exact) mass is 219 g/mol. The molecule has 84 valence electrons. The number of hydrogen-bond acceptors (Lipinski definition) is 2. The predicted molar refractivity (Wildman–Crippen MR) is 61.0 cm³/mol. The molecule has 0 amide bonds. The fourth-order valence-electron chi connectivity index (χ4n) is 2.12. The van der Waals surface area contributed by atoms with Gasteiger partial charge < -0.3 is 4.74 Å². The van der Waals surface area contributed by atoms with E-state index in [1.165, 1.54) is 32.2 Å². The summed E-state index contributed by atoms with van der Waals surface area (Å²) < 4.78 is 5.07. The Morgan fingerprint density at radius 1 is 1.36 bits per heavy atom.